The predicted molar refractivity (Wildman–Crippen MR) is 84.2 cm³/mol. The third-order valence-corrected chi connectivity index (χ3v) is 3.52. The van der Waals surface area contributed by atoms with Crippen LogP contribution in [-0.2, 0) is 9.47 Å². The average molecular weight is 279 g/mol. The first-order chi connectivity index (χ1) is 9.58. The van der Waals surface area contributed by atoms with Crippen molar-refractivity contribution in [2.45, 2.75) is 46.3 Å². The molecule has 0 aliphatic carbocycles. The third kappa shape index (κ3) is 5.61. The molecule has 1 aromatic carbocycles. The van der Waals surface area contributed by atoms with Gasteiger partial charge in [-0.15, -0.1) is 0 Å². The second-order valence-electron chi connectivity index (χ2n) is 5.45. The van der Waals surface area contributed by atoms with Crippen LogP contribution in [0, 0.1) is 13.8 Å². The maximum absolute atomic E-state index is 5.88. The fraction of sp³-hybridized carbons (Fsp3) is 0.647. The molecule has 2 unspecified atom stereocenters. The summed E-state index contributed by atoms with van der Waals surface area (Å²) in [6, 6.07) is 6.88. The zero-order chi connectivity index (χ0) is 15.0. The number of hydrogen-bond donors (Lipinski definition) is 1. The lowest BCUT2D eigenvalue weighted by Crippen LogP contribution is -2.29. The van der Waals surface area contributed by atoms with Crippen LogP contribution in [0.4, 0.5) is 0 Å². The lowest BCUT2D eigenvalue weighted by atomic mass is 10.0. The zero-order valence-electron chi connectivity index (χ0n) is 13.5. The molecular weight excluding hydrogens is 250 g/mol. The van der Waals surface area contributed by atoms with Crippen molar-refractivity contribution in [3.63, 3.8) is 0 Å². The Balaban J connectivity index is 2.69. The maximum Gasteiger partial charge on any atom is 0.0781 e. The van der Waals surface area contributed by atoms with E-state index >= 15 is 0 Å². The fourth-order valence-corrected chi connectivity index (χ4v) is 2.12. The van der Waals surface area contributed by atoms with Gasteiger partial charge in [0, 0.05) is 7.11 Å². The number of aryl methyl sites for hydroxylation is 2. The van der Waals surface area contributed by atoms with Gasteiger partial charge in [0.1, 0.15) is 0 Å². The van der Waals surface area contributed by atoms with Gasteiger partial charge in [0.05, 0.1) is 25.4 Å². The molecule has 0 saturated carbocycles. The Morgan fingerprint density at radius 1 is 1.15 bits per heavy atom. The molecule has 0 radical (unpaired) electrons. The minimum atomic E-state index is 0.123. The molecule has 1 rings (SSSR count). The first kappa shape index (κ1) is 17.2. The average Bonchev–Trinajstić information content (AvgIpc) is 2.42. The summed E-state index contributed by atoms with van der Waals surface area (Å²) in [5.41, 5.74) is 3.96. The van der Waals surface area contributed by atoms with Crippen molar-refractivity contribution >= 4 is 0 Å². The van der Waals surface area contributed by atoms with Crippen molar-refractivity contribution in [3.8, 4) is 0 Å². The summed E-state index contributed by atoms with van der Waals surface area (Å²) < 4.78 is 11.0. The van der Waals surface area contributed by atoms with Crippen LogP contribution >= 0.6 is 0 Å². The van der Waals surface area contributed by atoms with E-state index < -0.39 is 0 Å². The number of methoxy groups -OCH3 is 1. The minimum Gasteiger partial charge on any atom is -0.382 e. The van der Waals surface area contributed by atoms with Crippen LogP contribution in [0.25, 0.3) is 0 Å². The summed E-state index contributed by atoms with van der Waals surface area (Å²) >= 11 is 0. The molecule has 0 aromatic heterocycles. The molecule has 1 aromatic rings. The molecule has 114 valence electrons. The first-order valence-electron chi connectivity index (χ1n) is 7.49. The highest BCUT2D eigenvalue weighted by Gasteiger charge is 2.13. The van der Waals surface area contributed by atoms with Crippen LogP contribution in [0.1, 0.15) is 43.0 Å². The number of rotatable bonds is 9. The number of ether oxygens (including phenoxy) is 2. The third-order valence-electron chi connectivity index (χ3n) is 3.52. The van der Waals surface area contributed by atoms with Crippen LogP contribution in [0.2, 0.25) is 0 Å². The molecule has 2 atom stereocenters. The second kappa shape index (κ2) is 9.11. The van der Waals surface area contributed by atoms with Crippen molar-refractivity contribution in [1.29, 1.82) is 0 Å². The highest BCUT2D eigenvalue weighted by Crippen LogP contribution is 2.18. The molecule has 1 N–H and O–H groups in total. The van der Waals surface area contributed by atoms with Crippen molar-refractivity contribution in [3.05, 3.63) is 34.9 Å². The van der Waals surface area contributed by atoms with Gasteiger partial charge in [-0.2, -0.15) is 0 Å². The summed E-state index contributed by atoms with van der Waals surface area (Å²) in [6.45, 7) is 10.8. The Bertz CT molecular complexity index is 393. The van der Waals surface area contributed by atoms with Gasteiger partial charge in [-0.05, 0) is 50.4 Å². The summed E-state index contributed by atoms with van der Waals surface area (Å²) in [4.78, 5) is 0. The molecule has 0 aliphatic heterocycles. The minimum absolute atomic E-state index is 0.123. The lowest BCUT2D eigenvalue weighted by Gasteiger charge is -2.22. The summed E-state index contributed by atoms with van der Waals surface area (Å²) in [6.07, 6.45) is 1.24. The Labute approximate surface area is 123 Å². The molecular formula is C17H29NO2. The molecule has 0 aliphatic rings. The van der Waals surface area contributed by atoms with Crippen LogP contribution in [-0.4, -0.2) is 33.0 Å². The van der Waals surface area contributed by atoms with Gasteiger partial charge in [0.2, 0.25) is 0 Å². The Morgan fingerprint density at radius 3 is 2.50 bits per heavy atom. The van der Waals surface area contributed by atoms with Crippen molar-refractivity contribution in [1.82, 2.24) is 5.32 Å². The smallest absolute Gasteiger partial charge is 0.0781 e. The standard InChI is InChI=1S/C17H29NO2/c1-6-9-18-17(12-20-15(4)11-19-5)16-8-7-13(2)14(3)10-16/h7-8,10,15,17-18H,6,9,11-12H2,1-5H3. The molecule has 0 saturated heterocycles. The van der Waals surface area contributed by atoms with Crippen molar-refractivity contribution in [2.24, 2.45) is 0 Å². The lowest BCUT2D eigenvalue weighted by molar-refractivity contribution is -0.000530. The number of hydrogen-bond acceptors (Lipinski definition) is 3. The van der Waals surface area contributed by atoms with Crippen molar-refractivity contribution < 1.29 is 9.47 Å². The maximum atomic E-state index is 5.88. The van der Waals surface area contributed by atoms with E-state index in [2.05, 4.69) is 44.3 Å². The van der Waals surface area contributed by atoms with Gasteiger partial charge in [-0.25, -0.2) is 0 Å². The fourth-order valence-electron chi connectivity index (χ4n) is 2.12. The Hall–Kier alpha value is -0.900. The van der Waals surface area contributed by atoms with Crippen LogP contribution in [0.15, 0.2) is 18.2 Å². The van der Waals surface area contributed by atoms with Gasteiger partial charge >= 0.3 is 0 Å². The molecule has 0 bridgehead atoms. The van der Waals surface area contributed by atoms with E-state index in [1.807, 2.05) is 6.92 Å². The van der Waals surface area contributed by atoms with E-state index in [1.165, 1.54) is 16.7 Å². The van der Waals surface area contributed by atoms with Crippen molar-refractivity contribution in [2.75, 3.05) is 26.9 Å². The molecule has 0 heterocycles. The zero-order valence-corrected chi connectivity index (χ0v) is 13.5. The molecule has 3 nitrogen and oxygen atoms in total. The molecule has 20 heavy (non-hydrogen) atoms. The van der Waals surface area contributed by atoms with E-state index in [4.69, 9.17) is 9.47 Å². The van der Waals surface area contributed by atoms with E-state index in [9.17, 15) is 0 Å². The largest absolute Gasteiger partial charge is 0.382 e. The normalized spacial score (nSPS) is 14.2. The van der Waals surface area contributed by atoms with E-state index in [0.717, 1.165) is 13.0 Å². The monoisotopic (exact) mass is 279 g/mol. The Morgan fingerprint density at radius 2 is 1.90 bits per heavy atom. The number of benzene rings is 1. The van der Waals surface area contributed by atoms with Crippen LogP contribution in [0.3, 0.4) is 0 Å². The molecule has 3 heteroatoms. The van der Waals surface area contributed by atoms with E-state index in [0.29, 0.717) is 13.2 Å². The first-order valence-corrected chi connectivity index (χ1v) is 7.49. The SMILES string of the molecule is CCCNC(COC(C)COC)c1ccc(C)c(C)c1. The van der Waals surface area contributed by atoms with Gasteiger partial charge in [0.25, 0.3) is 0 Å². The van der Waals surface area contributed by atoms with Gasteiger partial charge < -0.3 is 14.8 Å². The molecule has 0 fully saturated rings. The Kier molecular flexibility index (Phi) is 7.82. The predicted octanol–water partition coefficient (Wildman–Crippen LogP) is 3.40. The van der Waals surface area contributed by atoms with Gasteiger partial charge in [0.15, 0.2) is 0 Å². The topological polar surface area (TPSA) is 30.5 Å². The van der Waals surface area contributed by atoms with E-state index in [1.54, 1.807) is 7.11 Å². The van der Waals surface area contributed by atoms with E-state index in [-0.39, 0.29) is 12.1 Å². The van der Waals surface area contributed by atoms with Gasteiger partial charge in [-0.3, -0.25) is 0 Å². The summed E-state index contributed by atoms with van der Waals surface area (Å²) in [5.74, 6) is 0. The summed E-state index contributed by atoms with van der Waals surface area (Å²) in [7, 11) is 1.70. The summed E-state index contributed by atoms with van der Waals surface area (Å²) in [5, 5.41) is 3.56. The molecule has 0 amide bonds. The quantitative estimate of drug-likeness (QED) is 0.751. The number of nitrogens with one attached hydrogen (secondary N) is 1. The highest BCUT2D eigenvalue weighted by atomic mass is 16.5. The van der Waals surface area contributed by atoms with Gasteiger partial charge in [-0.1, -0.05) is 25.1 Å². The second-order valence-corrected chi connectivity index (χ2v) is 5.45. The molecule has 0 spiro atoms. The highest BCUT2D eigenvalue weighted by molar-refractivity contribution is 5.31. The van der Waals surface area contributed by atoms with Crippen LogP contribution < -0.4 is 5.32 Å². The van der Waals surface area contributed by atoms with Crippen LogP contribution in [0.5, 0.6) is 0 Å².